The van der Waals surface area contributed by atoms with Crippen LogP contribution in [0, 0.1) is 0 Å². The summed E-state index contributed by atoms with van der Waals surface area (Å²) in [7, 11) is 0. The monoisotopic (exact) mass is 372 g/mol. The van der Waals surface area contributed by atoms with Crippen LogP contribution in [0.4, 0.5) is 0 Å². The third kappa shape index (κ3) is 3.29. The molecule has 144 valence electrons. The number of hydrogen-bond acceptors (Lipinski definition) is 3. The van der Waals surface area contributed by atoms with Crippen LogP contribution in [-0.4, -0.2) is 35.1 Å². The van der Waals surface area contributed by atoms with E-state index in [0.29, 0.717) is 0 Å². The van der Waals surface area contributed by atoms with E-state index in [4.69, 9.17) is 4.74 Å². The van der Waals surface area contributed by atoms with Crippen molar-refractivity contribution in [2.24, 2.45) is 0 Å². The van der Waals surface area contributed by atoms with Gasteiger partial charge in [-0.05, 0) is 74.0 Å². The highest BCUT2D eigenvalue weighted by Crippen LogP contribution is 2.40. The van der Waals surface area contributed by atoms with E-state index in [-0.39, 0.29) is 5.60 Å². The Morgan fingerprint density at radius 1 is 1.00 bits per heavy atom. The second-order valence-corrected chi connectivity index (χ2v) is 8.37. The summed E-state index contributed by atoms with van der Waals surface area (Å²) in [6, 6.07) is 17.2. The fourth-order valence-electron chi connectivity index (χ4n) is 4.78. The predicted molar refractivity (Wildman–Crippen MR) is 115 cm³/mol. The molecule has 2 aliphatic rings. The van der Waals surface area contributed by atoms with Crippen LogP contribution >= 0.6 is 0 Å². The molecule has 1 saturated heterocycles. The second-order valence-electron chi connectivity index (χ2n) is 8.37. The Hall–Kier alpha value is -2.39. The first kappa shape index (κ1) is 17.7. The van der Waals surface area contributed by atoms with Gasteiger partial charge < -0.3 is 9.64 Å². The van der Waals surface area contributed by atoms with Crippen molar-refractivity contribution in [3.05, 3.63) is 60.3 Å². The van der Waals surface area contributed by atoms with E-state index >= 15 is 0 Å². The summed E-state index contributed by atoms with van der Waals surface area (Å²) >= 11 is 0. The Labute approximate surface area is 167 Å². The molecule has 3 heterocycles. The molecule has 1 aromatic heterocycles. The van der Waals surface area contributed by atoms with Gasteiger partial charge in [0.15, 0.2) is 0 Å². The number of rotatable bonds is 3. The van der Waals surface area contributed by atoms with E-state index in [1.165, 1.54) is 48.1 Å². The molecule has 3 aromatic rings. The van der Waals surface area contributed by atoms with E-state index in [1.54, 1.807) is 0 Å². The SMILES string of the molecule is CCCN1CCC2(CCc3cc(-c4cnc5ccccc5c4)ccc3O2)CC1. The van der Waals surface area contributed by atoms with Gasteiger partial charge in [0.25, 0.3) is 0 Å². The summed E-state index contributed by atoms with van der Waals surface area (Å²) in [4.78, 5) is 7.21. The average Bonchev–Trinajstić information content (AvgIpc) is 2.75. The summed E-state index contributed by atoms with van der Waals surface area (Å²) in [5, 5.41) is 1.19. The summed E-state index contributed by atoms with van der Waals surface area (Å²) in [5.74, 6) is 1.09. The Balaban J connectivity index is 1.37. The topological polar surface area (TPSA) is 25.4 Å². The predicted octanol–water partition coefficient (Wildman–Crippen LogP) is 5.47. The van der Waals surface area contributed by atoms with E-state index in [2.05, 4.69) is 59.3 Å². The summed E-state index contributed by atoms with van der Waals surface area (Å²) in [5.41, 5.74) is 4.85. The van der Waals surface area contributed by atoms with Gasteiger partial charge in [0.1, 0.15) is 11.4 Å². The molecule has 1 fully saturated rings. The molecule has 5 rings (SSSR count). The van der Waals surface area contributed by atoms with Crippen LogP contribution in [0.1, 0.15) is 38.2 Å². The van der Waals surface area contributed by atoms with E-state index in [0.717, 1.165) is 36.9 Å². The molecule has 0 N–H and O–H groups in total. The van der Waals surface area contributed by atoms with Gasteiger partial charge in [-0.3, -0.25) is 4.98 Å². The van der Waals surface area contributed by atoms with Crippen molar-refractivity contribution >= 4 is 10.9 Å². The molecule has 2 aromatic carbocycles. The molecule has 2 aliphatic heterocycles. The van der Waals surface area contributed by atoms with Gasteiger partial charge in [0, 0.05) is 30.2 Å². The fourth-order valence-corrected chi connectivity index (χ4v) is 4.78. The maximum Gasteiger partial charge on any atom is 0.123 e. The fraction of sp³-hybridized carbons (Fsp3) is 0.400. The molecule has 0 amide bonds. The highest BCUT2D eigenvalue weighted by molar-refractivity contribution is 5.83. The minimum atomic E-state index is 0.0588. The molecule has 3 nitrogen and oxygen atoms in total. The van der Waals surface area contributed by atoms with Gasteiger partial charge in [-0.25, -0.2) is 0 Å². The van der Waals surface area contributed by atoms with E-state index in [1.807, 2.05) is 12.3 Å². The number of para-hydroxylation sites is 1. The Morgan fingerprint density at radius 2 is 1.86 bits per heavy atom. The van der Waals surface area contributed by atoms with E-state index < -0.39 is 0 Å². The number of aromatic nitrogens is 1. The number of ether oxygens (including phenoxy) is 1. The molecule has 3 heteroatoms. The first-order valence-electron chi connectivity index (χ1n) is 10.6. The van der Waals surface area contributed by atoms with Crippen LogP contribution in [0.5, 0.6) is 5.75 Å². The summed E-state index contributed by atoms with van der Waals surface area (Å²) in [6.45, 7) is 5.82. The van der Waals surface area contributed by atoms with Gasteiger partial charge in [0.2, 0.25) is 0 Å². The largest absolute Gasteiger partial charge is 0.487 e. The molecule has 1 spiro atoms. The van der Waals surface area contributed by atoms with Gasteiger partial charge >= 0.3 is 0 Å². The van der Waals surface area contributed by atoms with Crippen LogP contribution in [0.25, 0.3) is 22.0 Å². The molecule has 0 radical (unpaired) electrons. The number of pyridine rings is 1. The van der Waals surface area contributed by atoms with Crippen molar-refractivity contribution in [3.63, 3.8) is 0 Å². The molecular formula is C25H28N2O. The lowest BCUT2D eigenvalue weighted by atomic mass is 9.82. The minimum absolute atomic E-state index is 0.0588. The quantitative estimate of drug-likeness (QED) is 0.609. The number of nitrogens with zero attached hydrogens (tertiary/aromatic N) is 2. The third-order valence-corrected chi connectivity index (χ3v) is 6.47. The Morgan fingerprint density at radius 3 is 2.71 bits per heavy atom. The van der Waals surface area contributed by atoms with Crippen molar-refractivity contribution in [2.75, 3.05) is 19.6 Å². The van der Waals surface area contributed by atoms with Gasteiger partial charge in [-0.1, -0.05) is 31.2 Å². The van der Waals surface area contributed by atoms with Crippen LogP contribution in [-0.2, 0) is 6.42 Å². The summed E-state index contributed by atoms with van der Waals surface area (Å²) in [6.07, 6.45) is 7.78. The van der Waals surface area contributed by atoms with Gasteiger partial charge in [-0.2, -0.15) is 0 Å². The minimum Gasteiger partial charge on any atom is -0.487 e. The number of hydrogen-bond donors (Lipinski definition) is 0. The standard InChI is InChI=1S/C25H28N2O/c1-2-13-27-14-11-25(12-15-27)10-9-21-16-19(7-8-24(21)28-25)22-17-20-5-3-4-6-23(20)26-18-22/h3-8,16-18H,2,9-15H2,1H3. The highest BCUT2D eigenvalue weighted by Gasteiger charge is 2.39. The number of aryl methyl sites for hydroxylation is 1. The maximum atomic E-state index is 6.61. The lowest BCUT2D eigenvalue weighted by molar-refractivity contribution is -0.0143. The molecular weight excluding hydrogens is 344 g/mol. The molecule has 0 aliphatic carbocycles. The number of piperidine rings is 1. The van der Waals surface area contributed by atoms with Gasteiger partial charge in [0.05, 0.1) is 5.52 Å². The maximum absolute atomic E-state index is 6.61. The smallest absolute Gasteiger partial charge is 0.123 e. The Bertz CT molecular complexity index is 989. The zero-order valence-electron chi connectivity index (χ0n) is 16.7. The normalized spacial score (nSPS) is 18.8. The van der Waals surface area contributed by atoms with Crippen LogP contribution < -0.4 is 4.74 Å². The highest BCUT2D eigenvalue weighted by atomic mass is 16.5. The Kier molecular flexibility index (Phi) is 4.56. The second kappa shape index (κ2) is 7.21. The molecule has 0 bridgehead atoms. The first-order valence-corrected chi connectivity index (χ1v) is 10.6. The lowest BCUT2D eigenvalue weighted by Crippen LogP contribution is -2.49. The lowest BCUT2D eigenvalue weighted by Gasteiger charge is -2.44. The van der Waals surface area contributed by atoms with E-state index in [9.17, 15) is 0 Å². The van der Waals surface area contributed by atoms with Crippen LogP contribution in [0.2, 0.25) is 0 Å². The third-order valence-electron chi connectivity index (χ3n) is 6.47. The average molecular weight is 373 g/mol. The molecule has 0 unspecified atom stereocenters. The molecule has 0 saturated carbocycles. The van der Waals surface area contributed by atoms with Gasteiger partial charge in [-0.15, -0.1) is 0 Å². The number of likely N-dealkylation sites (tertiary alicyclic amines) is 1. The van der Waals surface area contributed by atoms with Crippen molar-refractivity contribution in [2.45, 2.75) is 44.6 Å². The summed E-state index contributed by atoms with van der Waals surface area (Å²) < 4.78 is 6.61. The van der Waals surface area contributed by atoms with Crippen molar-refractivity contribution in [1.29, 1.82) is 0 Å². The van der Waals surface area contributed by atoms with Crippen molar-refractivity contribution in [1.82, 2.24) is 9.88 Å². The van der Waals surface area contributed by atoms with Crippen molar-refractivity contribution < 1.29 is 4.74 Å². The molecule has 0 atom stereocenters. The molecule has 28 heavy (non-hydrogen) atoms. The van der Waals surface area contributed by atoms with Crippen molar-refractivity contribution in [3.8, 4) is 16.9 Å². The number of benzene rings is 2. The zero-order valence-corrected chi connectivity index (χ0v) is 16.7. The van der Waals surface area contributed by atoms with Crippen LogP contribution in [0.3, 0.4) is 0 Å². The first-order chi connectivity index (χ1) is 13.7. The zero-order chi connectivity index (χ0) is 19.0. The van der Waals surface area contributed by atoms with Crippen LogP contribution in [0.15, 0.2) is 54.7 Å². The number of fused-ring (bicyclic) bond motifs is 2.